The summed E-state index contributed by atoms with van der Waals surface area (Å²) in [6.45, 7) is 4.79. The van der Waals surface area contributed by atoms with Crippen LogP contribution in [-0.2, 0) is 4.79 Å². The summed E-state index contributed by atoms with van der Waals surface area (Å²) in [4.78, 5) is 12.4. The van der Waals surface area contributed by atoms with Crippen molar-refractivity contribution in [2.24, 2.45) is 34.5 Å². The number of carbonyl (C=O) groups is 1. The van der Waals surface area contributed by atoms with Gasteiger partial charge in [-0.15, -0.1) is 0 Å². The van der Waals surface area contributed by atoms with E-state index >= 15 is 0 Å². The fraction of sp³-hybridized carbons (Fsp3) is 0.800. The summed E-state index contributed by atoms with van der Waals surface area (Å²) in [6.07, 6.45) is 13.3. The van der Waals surface area contributed by atoms with Crippen molar-refractivity contribution in [3.8, 4) is 0 Å². The normalized spacial score (nSPS) is 50.6. The van der Waals surface area contributed by atoms with Crippen LogP contribution in [0.1, 0.15) is 65.2 Å². The number of allylic oxidation sites excluding steroid dienone is 2. The minimum Gasteiger partial charge on any atom is -0.308 e. The predicted molar refractivity (Wildman–Crippen MR) is 89.0 cm³/mol. The van der Waals surface area contributed by atoms with Crippen molar-refractivity contribution in [1.82, 2.24) is 0 Å². The minimum absolute atomic E-state index is 0.00891. The van der Waals surface area contributed by atoms with Crippen LogP contribution in [0.4, 0.5) is 0 Å². The van der Waals surface area contributed by atoms with E-state index in [0.29, 0.717) is 23.0 Å². The molecule has 3 fully saturated rings. The molecule has 3 saturated carbocycles. The maximum atomic E-state index is 12.4. The molecular formula is C20H29NO. The number of nitrogens with one attached hydrogen (secondary N) is 1. The molecule has 0 saturated heterocycles. The van der Waals surface area contributed by atoms with Gasteiger partial charge in [0.1, 0.15) is 5.78 Å². The number of fused-ring (bicyclic) bond motifs is 5. The summed E-state index contributed by atoms with van der Waals surface area (Å²) in [7, 11) is 0. The summed E-state index contributed by atoms with van der Waals surface area (Å²) in [6, 6.07) is 0. The van der Waals surface area contributed by atoms with Crippen LogP contribution in [-0.4, -0.2) is 12.0 Å². The van der Waals surface area contributed by atoms with E-state index in [9.17, 15) is 4.79 Å². The molecule has 0 aromatic rings. The zero-order chi connectivity index (χ0) is 15.5. The molecule has 6 unspecified atom stereocenters. The molecule has 4 aliphatic rings. The number of rotatable bonds is 1. The van der Waals surface area contributed by atoms with Gasteiger partial charge in [0.15, 0.2) is 0 Å². The van der Waals surface area contributed by atoms with E-state index in [0.717, 1.165) is 37.5 Å². The highest BCUT2D eigenvalue weighted by molar-refractivity contribution is 5.87. The lowest BCUT2D eigenvalue weighted by molar-refractivity contribution is -0.135. The van der Waals surface area contributed by atoms with Crippen LogP contribution in [0.2, 0.25) is 0 Å². The smallest absolute Gasteiger partial charge is 0.139 e. The minimum atomic E-state index is 0.00891. The molecule has 120 valence electrons. The largest absolute Gasteiger partial charge is 0.308 e. The number of carbonyl (C=O) groups excluding carboxylic acids is 1. The van der Waals surface area contributed by atoms with Gasteiger partial charge in [-0.2, -0.15) is 0 Å². The Morgan fingerprint density at radius 1 is 1.09 bits per heavy atom. The van der Waals surface area contributed by atoms with E-state index in [1.165, 1.54) is 31.3 Å². The Morgan fingerprint density at radius 3 is 2.68 bits per heavy atom. The molecule has 0 aromatic carbocycles. The van der Waals surface area contributed by atoms with Crippen LogP contribution < -0.4 is 0 Å². The summed E-state index contributed by atoms with van der Waals surface area (Å²) >= 11 is 0. The van der Waals surface area contributed by atoms with Crippen LogP contribution in [0.25, 0.3) is 0 Å². The lowest BCUT2D eigenvalue weighted by Crippen LogP contribution is -2.52. The Bertz CT molecular complexity index is 550. The third-order valence-electron chi connectivity index (χ3n) is 8.20. The lowest BCUT2D eigenvalue weighted by atomic mass is 9.46. The van der Waals surface area contributed by atoms with E-state index in [4.69, 9.17) is 5.41 Å². The molecule has 0 amide bonds. The lowest BCUT2D eigenvalue weighted by Gasteiger charge is -2.58. The van der Waals surface area contributed by atoms with Crippen LogP contribution in [0.5, 0.6) is 0 Å². The third kappa shape index (κ3) is 1.79. The average molecular weight is 299 g/mol. The third-order valence-corrected chi connectivity index (χ3v) is 8.20. The predicted octanol–water partition coefficient (Wildman–Crippen LogP) is 4.78. The molecule has 6 atom stereocenters. The fourth-order valence-corrected chi connectivity index (χ4v) is 6.78. The fourth-order valence-electron chi connectivity index (χ4n) is 6.78. The zero-order valence-electron chi connectivity index (χ0n) is 14.0. The molecule has 2 nitrogen and oxygen atoms in total. The molecule has 4 rings (SSSR count). The number of Topliss-reactive ketones (excluding diaryl/α,β-unsaturated/α-hetero) is 1. The van der Waals surface area contributed by atoms with Crippen molar-refractivity contribution in [2.45, 2.75) is 65.2 Å². The van der Waals surface area contributed by atoms with Crippen LogP contribution in [0.15, 0.2) is 11.6 Å². The van der Waals surface area contributed by atoms with E-state index in [2.05, 4.69) is 19.9 Å². The summed E-state index contributed by atoms with van der Waals surface area (Å²) in [5.74, 6) is 3.46. The highest BCUT2D eigenvalue weighted by atomic mass is 16.1. The van der Waals surface area contributed by atoms with Crippen molar-refractivity contribution in [2.75, 3.05) is 0 Å². The van der Waals surface area contributed by atoms with Crippen molar-refractivity contribution < 1.29 is 4.79 Å². The van der Waals surface area contributed by atoms with E-state index in [1.807, 2.05) is 0 Å². The Balaban J connectivity index is 1.66. The standard InChI is InChI=1S/C20H29NO/c1-19-9-7-13(12-21)11-14(19)3-4-15-16-5-6-18(22)20(16,2)10-8-17(15)19/h11-12,14-17,21H,3-10H2,1-2H3. The van der Waals surface area contributed by atoms with Crippen LogP contribution in [0, 0.1) is 39.9 Å². The molecule has 0 spiro atoms. The number of hydrogen-bond acceptors (Lipinski definition) is 2. The van der Waals surface area contributed by atoms with Gasteiger partial charge in [0.05, 0.1) is 0 Å². The molecular weight excluding hydrogens is 270 g/mol. The second-order valence-electron chi connectivity index (χ2n) is 8.87. The van der Waals surface area contributed by atoms with Crippen molar-refractivity contribution in [3.63, 3.8) is 0 Å². The number of ketones is 1. The summed E-state index contributed by atoms with van der Waals surface area (Å²) in [5.41, 5.74) is 1.68. The molecule has 0 heterocycles. The second kappa shape index (κ2) is 4.79. The van der Waals surface area contributed by atoms with Crippen molar-refractivity contribution in [3.05, 3.63) is 11.6 Å². The van der Waals surface area contributed by atoms with Gasteiger partial charge in [0.2, 0.25) is 0 Å². The molecule has 0 bridgehead atoms. The Labute approximate surface area is 134 Å². The van der Waals surface area contributed by atoms with Gasteiger partial charge in [-0.1, -0.05) is 19.9 Å². The Hall–Kier alpha value is -0.920. The topological polar surface area (TPSA) is 40.9 Å². The summed E-state index contributed by atoms with van der Waals surface area (Å²) in [5, 5.41) is 7.56. The maximum absolute atomic E-state index is 12.4. The Morgan fingerprint density at radius 2 is 1.91 bits per heavy atom. The Kier molecular flexibility index (Phi) is 3.19. The number of hydrogen-bond donors (Lipinski definition) is 1. The van der Waals surface area contributed by atoms with Crippen LogP contribution >= 0.6 is 0 Å². The van der Waals surface area contributed by atoms with Gasteiger partial charge in [0.25, 0.3) is 0 Å². The average Bonchev–Trinajstić information content (AvgIpc) is 2.82. The monoisotopic (exact) mass is 299 g/mol. The SMILES string of the molecule is CC12CCC3C(CCC4C=C(C=N)CCC43C)C1CCC2=O. The van der Waals surface area contributed by atoms with E-state index in [1.54, 1.807) is 6.21 Å². The maximum Gasteiger partial charge on any atom is 0.139 e. The van der Waals surface area contributed by atoms with E-state index in [-0.39, 0.29) is 5.41 Å². The van der Waals surface area contributed by atoms with Gasteiger partial charge in [0, 0.05) is 18.1 Å². The first kappa shape index (κ1) is 14.7. The van der Waals surface area contributed by atoms with E-state index < -0.39 is 0 Å². The first-order valence-electron chi connectivity index (χ1n) is 9.23. The molecule has 0 aromatic heterocycles. The highest BCUT2D eigenvalue weighted by Gasteiger charge is 2.59. The van der Waals surface area contributed by atoms with Crippen LogP contribution in [0.3, 0.4) is 0 Å². The van der Waals surface area contributed by atoms with Gasteiger partial charge < -0.3 is 5.41 Å². The summed E-state index contributed by atoms with van der Waals surface area (Å²) < 4.78 is 0. The quantitative estimate of drug-likeness (QED) is 0.695. The molecule has 22 heavy (non-hydrogen) atoms. The van der Waals surface area contributed by atoms with Gasteiger partial charge >= 0.3 is 0 Å². The first-order chi connectivity index (χ1) is 10.5. The molecule has 0 radical (unpaired) electrons. The zero-order valence-corrected chi connectivity index (χ0v) is 14.0. The van der Waals surface area contributed by atoms with Gasteiger partial charge in [-0.05, 0) is 79.6 Å². The second-order valence-corrected chi connectivity index (χ2v) is 8.87. The van der Waals surface area contributed by atoms with Crippen molar-refractivity contribution >= 4 is 12.0 Å². The van der Waals surface area contributed by atoms with Crippen molar-refractivity contribution in [1.29, 1.82) is 5.41 Å². The van der Waals surface area contributed by atoms with Gasteiger partial charge in [-0.25, -0.2) is 0 Å². The molecule has 0 aliphatic heterocycles. The molecule has 1 N–H and O–H groups in total. The molecule has 2 heteroatoms. The molecule has 4 aliphatic carbocycles. The van der Waals surface area contributed by atoms with Gasteiger partial charge in [-0.3, -0.25) is 4.79 Å². The highest BCUT2D eigenvalue weighted by Crippen LogP contribution is 2.64. The first-order valence-corrected chi connectivity index (χ1v) is 9.23.